The molecular formula is C12H17ClN2O2S. The number of carbonyl (C=O) groups excluding carboxylic acids is 1. The van der Waals surface area contributed by atoms with Gasteiger partial charge in [-0.15, -0.1) is 11.3 Å². The fraction of sp³-hybridized carbons (Fsp3) is 0.667. The van der Waals surface area contributed by atoms with Crippen LogP contribution in [0.1, 0.15) is 38.0 Å². The Morgan fingerprint density at radius 3 is 2.89 bits per heavy atom. The second-order valence-corrected chi connectivity index (χ2v) is 7.07. The minimum Gasteiger partial charge on any atom is -0.444 e. The van der Waals surface area contributed by atoms with E-state index in [1.807, 2.05) is 20.8 Å². The van der Waals surface area contributed by atoms with Crippen LogP contribution in [0, 0.1) is 0 Å². The van der Waals surface area contributed by atoms with Crippen molar-refractivity contribution < 1.29 is 9.53 Å². The first kappa shape index (κ1) is 13.6. The minimum absolute atomic E-state index is 0.236. The molecule has 18 heavy (non-hydrogen) atoms. The number of likely N-dealkylation sites (tertiary alicyclic amines) is 1. The number of hydrogen-bond donors (Lipinski definition) is 0. The maximum absolute atomic E-state index is 11.9. The molecular weight excluding hydrogens is 272 g/mol. The molecule has 0 aliphatic carbocycles. The highest BCUT2D eigenvalue weighted by Gasteiger charge is 2.31. The third kappa shape index (κ3) is 3.36. The third-order valence-corrected chi connectivity index (χ3v) is 4.02. The molecule has 1 aliphatic rings. The summed E-state index contributed by atoms with van der Waals surface area (Å²) in [5, 5.41) is 0. The molecule has 1 saturated heterocycles. The molecule has 2 rings (SSSR count). The van der Waals surface area contributed by atoms with E-state index in [2.05, 4.69) is 4.98 Å². The number of amides is 1. The van der Waals surface area contributed by atoms with Gasteiger partial charge >= 0.3 is 6.09 Å². The van der Waals surface area contributed by atoms with Crippen molar-refractivity contribution in [3.05, 3.63) is 15.5 Å². The van der Waals surface area contributed by atoms with Gasteiger partial charge in [-0.05, 0) is 27.2 Å². The molecule has 1 fully saturated rings. The Bertz CT molecular complexity index is 442. The molecule has 1 atom stereocenters. The number of carbonyl (C=O) groups is 1. The van der Waals surface area contributed by atoms with Crippen LogP contribution in [-0.2, 0) is 4.74 Å². The maximum Gasteiger partial charge on any atom is 0.410 e. The van der Waals surface area contributed by atoms with E-state index in [4.69, 9.17) is 16.3 Å². The smallest absolute Gasteiger partial charge is 0.410 e. The Kier molecular flexibility index (Phi) is 3.82. The van der Waals surface area contributed by atoms with Crippen LogP contribution in [0.3, 0.4) is 0 Å². The summed E-state index contributed by atoms with van der Waals surface area (Å²) in [4.78, 5) is 18.8. The highest BCUT2D eigenvalue weighted by Crippen LogP contribution is 2.33. The summed E-state index contributed by atoms with van der Waals surface area (Å²) < 4.78 is 5.92. The van der Waals surface area contributed by atoms with Crippen molar-refractivity contribution in [2.75, 3.05) is 13.1 Å². The van der Waals surface area contributed by atoms with Gasteiger partial charge in [0.2, 0.25) is 0 Å². The van der Waals surface area contributed by atoms with Crippen LogP contribution in [0.4, 0.5) is 4.79 Å². The summed E-state index contributed by atoms with van der Waals surface area (Å²) in [6.07, 6.45) is 2.51. The van der Waals surface area contributed by atoms with Crippen molar-refractivity contribution in [1.29, 1.82) is 0 Å². The molecule has 0 radical (unpaired) electrons. The van der Waals surface area contributed by atoms with Crippen LogP contribution < -0.4 is 0 Å². The van der Waals surface area contributed by atoms with Gasteiger partial charge in [-0.2, -0.15) is 0 Å². The van der Waals surface area contributed by atoms with Crippen LogP contribution in [-0.4, -0.2) is 34.7 Å². The number of hydrogen-bond acceptors (Lipinski definition) is 4. The monoisotopic (exact) mass is 288 g/mol. The number of rotatable bonds is 1. The van der Waals surface area contributed by atoms with Crippen molar-refractivity contribution in [1.82, 2.24) is 9.88 Å². The molecule has 0 saturated carbocycles. The molecule has 0 N–H and O–H groups in total. The van der Waals surface area contributed by atoms with Gasteiger partial charge in [0.1, 0.15) is 5.60 Å². The van der Waals surface area contributed by atoms with Crippen LogP contribution >= 0.6 is 22.9 Å². The lowest BCUT2D eigenvalue weighted by atomic mass is 10.1. The van der Waals surface area contributed by atoms with E-state index in [9.17, 15) is 4.79 Å². The second kappa shape index (κ2) is 5.05. The average Bonchev–Trinajstić information content (AvgIpc) is 2.82. The van der Waals surface area contributed by atoms with Crippen LogP contribution in [0.25, 0.3) is 0 Å². The summed E-state index contributed by atoms with van der Waals surface area (Å²) in [7, 11) is 0. The Morgan fingerprint density at radius 2 is 2.33 bits per heavy atom. The standard InChI is InChI=1S/C12H17ClN2O2S/c1-12(2,3)17-11(16)15-5-4-8(7-15)9-6-14-10(13)18-9/h6,8H,4-5,7H2,1-3H3. The summed E-state index contributed by atoms with van der Waals surface area (Å²) in [6, 6.07) is 0. The van der Waals surface area contributed by atoms with E-state index in [1.54, 1.807) is 11.1 Å². The van der Waals surface area contributed by atoms with E-state index in [0.717, 1.165) is 17.8 Å². The lowest BCUT2D eigenvalue weighted by molar-refractivity contribution is 0.0292. The van der Waals surface area contributed by atoms with Crippen molar-refractivity contribution in [2.24, 2.45) is 0 Å². The molecule has 0 bridgehead atoms. The lowest BCUT2D eigenvalue weighted by Gasteiger charge is -2.24. The van der Waals surface area contributed by atoms with Crippen LogP contribution in [0.2, 0.25) is 4.47 Å². The van der Waals surface area contributed by atoms with E-state index >= 15 is 0 Å². The largest absolute Gasteiger partial charge is 0.444 e. The first-order chi connectivity index (χ1) is 8.35. The highest BCUT2D eigenvalue weighted by molar-refractivity contribution is 7.15. The fourth-order valence-electron chi connectivity index (χ4n) is 1.94. The van der Waals surface area contributed by atoms with Crippen LogP contribution in [0.5, 0.6) is 0 Å². The zero-order chi connectivity index (χ0) is 13.3. The summed E-state index contributed by atoms with van der Waals surface area (Å²) in [6.45, 7) is 7.05. The van der Waals surface area contributed by atoms with Crippen molar-refractivity contribution >= 4 is 29.0 Å². The number of halogens is 1. The molecule has 2 heterocycles. The predicted molar refractivity (Wildman–Crippen MR) is 72.3 cm³/mol. The topological polar surface area (TPSA) is 42.4 Å². The molecule has 6 heteroatoms. The summed E-state index contributed by atoms with van der Waals surface area (Å²) in [5.74, 6) is 0.336. The molecule has 1 unspecified atom stereocenters. The zero-order valence-corrected chi connectivity index (χ0v) is 12.3. The number of ether oxygens (including phenoxy) is 1. The van der Waals surface area contributed by atoms with Gasteiger partial charge in [-0.25, -0.2) is 9.78 Å². The quantitative estimate of drug-likeness (QED) is 0.794. The number of aromatic nitrogens is 1. The Morgan fingerprint density at radius 1 is 1.61 bits per heavy atom. The lowest BCUT2D eigenvalue weighted by Crippen LogP contribution is -2.35. The van der Waals surface area contributed by atoms with Gasteiger partial charge in [0.05, 0.1) is 0 Å². The van der Waals surface area contributed by atoms with Gasteiger partial charge in [0.15, 0.2) is 4.47 Å². The van der Waals surface area contributed by atoms with E-state index in [0.29, 0.717) is 16.9 Å². The van der Waals surface area contributed by atoms with Gasteiger partial charge in [-0.1, -0.05) is 11.6 Å². The first-order valence-corrected chi connectivity index (χ1v) is 7.14. The molecule has 1 aromatic heterocycles. The molecule has 1 aliphatic heterocycles. The second-order valence-electron chi connectivity index (χ2n) is 5.43. The Balaban J connectivity index is 1.94. The number of nitrogens with zero attached hydrogens (tertiary/aromatic N) is 2. The van der Waals surface area contributed by atoms with E-state index in [1.165, 1.54) is 11.3 Å². The van der Waals surface area contributed by atoms with Crippen molar-refractivity contribution in [3.63, 3.8) is 0 Å². The normalized spacial score (nSPS) is 20.2. The average molecular weight is 289 g/mol. The van der Waals surface area contributed by atoms with E-state index in [-0.39, 0.29) is 6.09 Å². The number of thiazole rings is 1. The fourth-order valence-corrected chi connectivity index (χ4v) is 3.02. The molecule has 100 valence electrons. The molecule has 4 nitrogen and oxygen atoms in total. The summed E-state index contributed by atoms with van der Waals surface area (Å²) >= 11 is 7.31. The molecule has 0 spiro atoms. The van der Waals surface area contributed by atoms with Gasteiger partial charge < -0.3 is 9.64 Å². The zero-order valence-electron chi connectivity index (χ0n) is 10.8. The molecule has 1 amide bonds. The molecule has 0 aromatic carbocycles. The third-order valence-electron chi connectivity index (χ3n) is 2.74. The highest BCUT2D eigenvalue weighted by atomic mass is 35.5. The minimum atomic E-state index is -0.442. The van der Waals surface area contributed by atoms with Gasteiger partial charge in [0, 0.05) is 30.1 Å². The van der Waals surface area contributed by atoms with Gasteiger partial charge in [0.25, 0.3) is 0 Å². The SMILES string of the molecule is CC(C)(C)OC(=O)N1CCC(c2cnc(Cl)s2)C1. The van der Waals surface area contributed by atoms with Crippen molar-refractivity contribution in [3.8, 4) is 0 Å². The van der Waals surface area contributed by atoms with Gasteiger partial charge in [-0.3, -0.25) is 0 Å². The first-order valence-electron chi connectivity index (χ1n) is 5.94. The van der Waals surface area contributed by atoms with Crippen LogP contribution in [0.15, 0.2) is 6.20 Å². The Labute approximate surface area is 116 Å². The van der Waals surface area contributed by atoms with E-state index < -0.39 is 5.60 Å². The van der Waals surface area contributed by atoms with Crippen molar-refractivity contribution in [2.45, 2.75) is 38.7 Å². The Hall–Kier alpha value is -0.810. The molecule has 1 aromatic rings. The maximum atomic E-state index is 11.9. The summed E-state index contributed by atoms with van der Waals surface area (Å²) in [5.41, 5.74) is -0.442. The predicted octanol–water partition coefficient (Wildman–Crippen LogP) is 3.52.